The molecule has 0 saturated heterocycles. The van der Waals surface area contributed by atoms with Crippen LogP contribution in [0.4, 0.5) is 0 Å². The molecule has 0 aliphatic rings. The van der Waals surface area contributed by atoms with Gasteiger partial charge in [0.15, 0.2) is 0 Å². The fourth-order valence-electron chi connectivity index (χ4n) is 2.06. The molecule has 0 aromatic heterocycles. The molecule has 1 unspecified atom stereocenters. The molecule has 0 fully saturated rings. The topological polar surface area (TPSA) is 101 Å². The average Bonchev–Trinajstić information content (AvgIpc) is 2.34. The normalized spacial score (nSPS) is 13.6. The van der Waals surface area contributed by atoms with Gasteiger partial charge in [0.2, 0.25) is 0 Å². The van der Waals surface area contributed by atoms with Gasteiger partial charge in [0, 0.05) is 0 Å². The van der Waals surface area contributed by atoms with Crippen LogP contribution >= 0.6 is 8.60 Å². The van der Waals surface area contributed by atoms with E-state index in [9.17, 15) is 5.11 Å². The molecule has 0 radical (unpaired) electrons. The van der Waals surface area contributed by atoms with E-state index in [1.54, 1.807) is 0 Å². The molecule has 0 amide bonds. The zero-order valence-corrected chi connectivity index (χ0v) is 15.1. The molecule has 5 N–H and O–H groups in total. The van der Waals surface area contributed by atoms with Crippen LogP contribution in [0.5, 0.6) is 0 Å². The molecule has 1 rings (SSSR count). The van der Waals surface area contributed by atoms with Gasteiger partial charge in [-0.2, -0.15) is 0 Å². The number of aliphatic hydroxyl groups excluding tert-OH is 2. The minimum atomic E-state index is -2.62. The molecular formula is C16H29O5P. The Morgan fingerprint density at radius 3 is 1.73 bits per heavy atom. The Balaban J connectivity index is 0.000000980. The summed E-state index contributed by atoms with van der Waals surface area (Å²) in [5.41, 5.74) is 3.23. The van der Waals surface area contributed by atoms with Crippen LogP contribution < -0.4 is 0 Å². The van der Waals surface area contributed by atoms with Crippen molar-refractivity contribution in [2.45, 2.75) is 58.5 Å². The Morgan fingerprint density at radius 1 is 0.955 bits per heavy atom. The molecule has 0 aliphatic heterocycles. The third-order valence-corrected chi connectivity index (χ3v) is 3.26. The Kier molecular flexibility index (Phi) is 8.14. The van der Waals surface area contributed by atoms with Crippen LogP contribution in [0.3, 0.4) is 0 Å². The number of hydrogen-bond donors (Lipinski definition) is 5. The molecule has 0 saturated carbocycles. The predicted octanol–water partition coefficient (Wildman–Crippen LogP) is 2.50. The highest BCUT2D eigenvalue weighted by molar-refractivity contribution is 7.38. The van der Waals surface area contributed by atoms with Crippen LogP contribution in [0.25, 0.3) is 0 Å². The van der Waals surface area contributed by atoms with E-state index in [-0.39, 0.29) is 17.4 Å². The molecule has 1 aromatic carbocycles. The summed E-state index contributed by atoms with van der Waals surface area (Å²) in [6.45, 7) is 12.7. The first kappa shape index (κ1) is 21.4. The summed E-state index contributed by atoms with van der Waals surface area (Å²) in [5.74, 6) is 0. The van der Waals surface area contributed by atoms with Crippen molar-refractivity contribution in [1.29, 1.82) is 0 Å². The number of benzene rings is 1. The highest BCUT2D eigenvalue weighted by Crippen LogP contribution is 2.33. The van der Waals surface area contributed by atoms with Crippen LogP contribution in [0.2, 0.25) is 0 Å². The van der Waals surface area contributed by atoms with E-state index < -0.39 is 14.7 Å². The van der Waals surface area contributed by atoms with Crippen molar-refractivity contribution >= 4 is 8.60 Å². The smallest absolute Gasteiger partial charge is 0.324 e. The lowest BCUT2D eigenvalue weighted by Gasteiger charge is -2.28. The second kappa shape index (κ2) is 8.34. The molecule has 1 atom stereocenters. The summed E-state index contributed by atoms with van der Waals surface area (Å²) < 4.78 is 0. The molecule has 5 nitrogen and oxygen atoms in total. The summed E-state index contributed by atoms with van der Waals surface area (Å²) in [6.07, 6.45) is -0.798. The van der Waals surface area contributed by atoms with Crippen LogP contribution in [-0.2, 0) is 10.8 Å². The highest BCUT2D eigenvalue weighted by atomic mass is 31.2. The SMILES string of the molecule is CC(C)(C)c1ccc(C(O)CO)c(C(C)(C)C)c1.OP(O)O. The van der Waals surface area contributed by atoms with E-state index in [2.05, 4.69) is 47.6 Å². The van der Waals surface area contributed by atoms with E-state index in [0.29, 0.717) is 0 Å². The minimum Gasteiger partial charge on any atom is -0.393 e. The van der Waals surface area contributed by atoms with Gasteiger partial charge in [0.05, 0.1) is 6.61 Å². The summed E-state index contributed by atoms with van der Waals surface area (Å²) in [7, 11) is -2.62. The zero-order chi connectivity index (χ0) is 17.7. The van der Waals surface area contributed by atoms with Gasteiger partial charge in [-0.3, -0.25) is 0 Å². The summed E-state index contributed by atoms with van der Waals surface area (Å²) in [6, 6.07) is 6.15. The minimum absolute atomic E-state index is 0.0489. The largest absolute Gasteiger partial charge is 0.393 e. The Hall–Kier alpha value is -0.550. The van der Waals surface area contributed by atoms with Crippen LogP contribution in [0.1, 0.15) is 64.3 Å². The first-order chi connectivity index (χ1) is 9.80. The van der Waals surface area contributed by atoms with E-state index >= 15 is 0 Å². The first-order valence-electron chi connectivity index (χ1n) is 7.11. The molecular weight excluding hydrogens is 303 g/mol. The quantitative estimate of drug-likeness (QED) is 0.536. The Morgan fingerprint density at radius 2 is 1.41 bits per heavy atom. The predicted molar refractivity (Wildman–Crippen MR) is 89.5 cm³/mol. The molecule has 128 valence electrons. The molecule has 1 aromatic rings. The van der Waals surface area contributed by atoms with E-state index in [1.807, 2.05) is 12.1 Å². The highest BCUT2D eigenvalue weighted by Gasteiger charge is 2.24. The third kappa shape index (κ3) is 7.14. The molecule has 0 heterocycles. The van der Waals surface area contributed by atoms with E-state index in [4.69, 9.17) is 19.8 Å². The standard InChI is InChI=1S/C16H26O2.H3O3P/c1-15(2,3)11-7-8-12(14(18)10-17)13(9-11)16(4,5)6;1-4(2)3/h7-9,14,17-18H,10H2,1-6H3;1-3H. The van der Waals surface area contributed by atoms with Crippen molar-refractivity contribution in [1.82, 2.24) is 0 Å². The summed E-state index contributed by atoms with van der Waals surface area (Å²) in [5, 5.41) is 19.1. The zero-order valence-electron chi connectivity index (χ0n) is 14.2. The van der Waals surface area contributed by atoms with Gasteiger partial charge in [0.25, 0.3) is 0 Å². The summed E-state index contributed by atoms with van der Waals surface area (Å²) >= 11 is 0. The van der Waals surface area contributed by atoms with Gasteiger partial charge in [-0.1, -0.05) is 59.7 Å². The maximum Gasteiger partial charge on any atom is 0.324 e. The maximum atomic E-state index is 9.92. The fraction of sp³-hybridized carbons (Fsp3) is 0.625. The summed E-state index contributed by atoms with van der Waals surface area (Å²) in [4.78, 5) is 21.7. The fourth-order valence-corrected chi connectivity index (χ4v) is 2.06. The number of aliphatic hydroxyl groups is 2. The third-order valence-electron chi connectivity index (χ3n) is 3.26. The van der Waals surface area contributed by atoms with Crippen LogP contribution in [0.15, 0.2) is 18.2 Å². The van der Waals surface area contributed by atoms with Crippen molar-refractivity contribution in [3.05, 3.63) is 34.9 Å². The van der Waals surface area contributed by atoms with Crippen molar-refractivity contribution in [3.8, 4) is 0 Å². The Bertz CT molecular complexity index is 458. The van der Waals surface area contributed by atoms with Crippen molar-refractivity contribution in [2.75, 3.05) is 6.61 Å². The Labute approximate surface area is 134 Å². The van der Waals surface area contributed by atoms with Crippen molar-refractivity contribution in [2.24, 2.45) is 0 Å². The molecule has 22 heavy (non-hydrogen) atoms. The lowest BCUT2D eigenvalue weighted by Crippen LogP contribution is -2.20. The van der Waals surface area contributed by atoms with Gasteiger partial charge in [-0.15, -0.1) is 0 Å². The second-order valence-electron chi connectivity index (χ2n) is 7.27. The number of hydrogen-bond acceptors (Lipinski definition) is 5. The molecule has 0 aliphatic carbocycles. The monoisotopic (exact) mass is 332 g/mol. The molecule has 0 spiro atoms. The van der Waals surface area contributed by atoms with Gasteiger partial charge >= 0.3 is 8.60 Å². The lowest BCUT2D eigenvalue weighted by atomic mass is 9.77. The maximum absolute atomic E-state index is 9.92. The number of rotatable bonds is 2. The van der Waals surface area contributed by atoms with Crippen LogP contribution in [0, 0.1) is 0 Å². The van der Waals surface area contributed by atoms with E-state index in [0.717, 1.165) is 11.1 Å². The molecule has 6 heteroatoms. The molecule has 0 bridgehead atoms. The van der Waals surface area contributed by atoms with Crippen molar-refractivity contribution in [3.63, 3.8) is 0 Å². The second-order valence-corrected chi connectivity index (χ2v) is 7.81. The van der Waals surface area contributed by atoms with Gasteiger partial charge in [-0.25, -0.2) is 0 Å². The van der Waals surface area contributed by atoms with Gasteiger partial charge < -0.3 is 24.9 Å². The van der Waals surface area contributed by atoms with Gasteiger partial charge in [0.1, 0.15) is 6.10 Å². The average molecular weight is 332 g/mol. The first-order valence-corrected chi connectivity index (χ1v) is 8.31. The van der Waals surface area contributed by atoms with Crippen molar-refractivity contribution < 1.29 is 24.9 Å². The van der Waals surface area contributed by atoms with Crippen LogP contribution in [-0.4, -0.2) is 31.5 Å². The van der Waals surface area contributed by atoms with Gasteiger partial charge in [-0.05, 0) is 27.5 Å². The lowest BCUT2D eigenvalue weighted by molar-refractivity contribution is 0.0941. The van der Waals surface area contributed by atoms with E-state index in [1.165, 1.54) is 5.56 Å².